The first-order valence-electron chi connectivity index (χ1n) is 6.63. The van der Waals surface area contributed by atoms with Gasteiger partial charge in [0.2, 0.25) is 5.91 Å². The third kappa shape index (κ3) is 5.04. The lowest BCUT2D eigenvalue weighted by Gasteiger charge is -2.19. The van der Waals surface area contributed by atoms with Gasteiger partial charge in [0.05, 0.1) is 12.6 Å². The molecule has 4 heteroatoms. The smallest absolute Gasteiger partial charge is 0.236 e. The van der Waals surface area contributed by atoms with Gasteiger partial charge < -0.3 is 15.4 Å². The van der Waals surface area contributed by atoms with E-state index in [0.717, 1.165) is 6.54 Å². The molecule has 1 rings (SSSR count). The molecule has 2 N–H and O–H groups in total. The minimum atomic E-state index is -0.110. The first kappa shape index (κ1) is 14.5. The molecule has 17 heavy (non-hydrogen) atoms. The Hall–Kier alpha value is -0.610. The molecule has 1 amide bonds. The molecule has 1 aliphatic carbocycles. The highest BCUT2D eigenvalue weighted by molar-refractivity contribution is 5.81. The zero-order valence-corrected chi connectivity index (χ0v) is 11.3. The Kier molecular flexibility index (Phi) is 5.92. The fraction of sp³-hybridized carbons (Fsp3) is 0.923. The number of ether oxygens (including phenoxy) is 1. The number of hydrogen-bond acceptors (Lipinski definition) is 3. The van der Waals surface area contributed by atoms with Crippen LogP contribution in [0.25, 0.3) is 0 Å². The summed E-state index contributed by atoms with van der Waals surface area (Å²) in [4.78, 5) is 11.7. The highest BCUT2D eigenvalue weighted by Crippen LogP contribution is 2.48. The Morgan fingerprint density at radius 1 is 1.47 bits per heavy atom. The maximum Gasteiger partial charge on any atom is 0.236 e. The standard InChI is InChI=1S/C13H26N2O2/c1-4-5-13(6-7-13)10-15-11(2)12(16)14-8-9-17-3/h11,15H,4-10H2,1-3H3,(H,14,16). The van der Waals surface area contributed by atoms with Crippen molar-refractivity contribution in [2.75, 3.05) is 26.8 Å². The third-order valence-electron chi connectivity index (χ3n) is 3.52. The van der Waals surface area contributed by atoms with Crippen molar-refractivity contribution >= 4 is 5.91 Å². The van der Waals surface area contributed by atoms with Crippen molar-refractivity contribution in [3.05, 3.63) is 0 Å². The SMILES string of the molecule is CCCC1(CNC(C)C(=O)NCCOC)CC1. The maximum absolute atomic E-state index is 11.7. The van der Waals surface area contributed by atoms with Crippen LogP contribution < -0.4 is 10.6 Å². The lowest BCUT2D eigenvalue weighted by atomic mass is 10.0. The van der Waals surface area contributed by atoms with Gasteiger partial charge in [0.1, 0.15) is 0 Å². The van der Waals surface area contributed by atoms with E-state index in [1.165, 1.54) is 25.7 Å². The second kappa shape index (κ2) is 6.97. The summed E-state index contributed by atoms with van der Waals surface area (Å²) in [7, 11) is 1.63. The summed E-state index contributed by atoms with van der Waals surface area (Å²) >= 11 is 0. The van der Waals surface area contributed by atoms with Crippen molar-refractivity contribution in [1.82, 2.24) is 10.6 Å². The van der Waals surface area contributed by atoms with E-state index < -0.39 is 0 Å². The molecule has 0 aliphatic heterocycles. The Morgan fingerprint density at radius 3 is 2.71 bits per heavy atom. The molecular formula is C13H26N2O2. The van der Waals surface area contributed by atoms with Gasteiger partial charge >= 0.3 is 0 Å². The van der Waals surface area contributed by atoms with Gasteiger partial charge in [-0.3, -0.25) is 4.79 Å². The van der Waals surface area contributed by atoms with Crippen LogP contribution >= 0.6 is 0 Å². The first-order valence-corrected chi connectivity index (χ1v) is 6.63. The van der Waals surface area contributed by atoms with Gasteiger partial charge in [0.25, 0.3) is 0 Å². The molecule has 0 aromatic carbocycles. The number of nitrogens with one attached hydrogen (secondary N) is 2. The molecule has 1 atom stereocenters. The van der Waals surface area contributed by atoms with E-state index in [1.807, 2.05) is 6.92 Å². The quantitative estimate of drug-likeness (QED) is 0.599. The minimum absolute atomic E-state index is 0.0642. The van der Waals surface area contributed by atoms with Crippen molar-refractivity contribution in [3.8, 4) is 0 Å². The lowest BCUT2D eigenvalue weighted by molar-refractivity contribution is -0.123. The Bertz CT molecular complexity index is 240. The summed E-state index contributed by atoms with van der Waals surface area (Å²) in [6.07, 6.45) is 5.13. The van der Waals surface area contributed by atoms with Gasteiger partial charge in [-0.2, -0.15) is 0 Å². The molecule has 1 saturated carbocycles. The molecule has 0 spiro atoms. The van der Waals surface area contributed by atoms with E-state index in [2.05, 4.69) is 17.6 Å². The van der Waals surface area contributed by atoms with Gasteiger partial charge in [-0.15, -0.1) is 0 Å². The molecule has 1 unspecified atom stereocenters. The van der Waals surface area contributed by atoms with Crippen LogP contribution in [0.15, 0.2) is 0 Å². The molecule has 0 heterocycles. The van der Waals surface area contributed by atoms with E-state index in [1.54, 1.807) is 7.11 Å². The Morgan fingerprint density at radius 2 is 2.18 bits per heavy atom. The molecular weight excluding hydrogens is 216 g/mol. The summed E-state index contributed by atoms with van der Waals surface area (Å²) in [5, 5.41) is 6.19. The van der Waals surface area contributed by atoms with Crippen molar-refractivity contribution in [1.29, 1.82) is 0 Å². The molecule has 1 fully saturated rings. The summed E-state index contributed by atoms with van der Waals surface area (Å²) in [5.74, 6) is 0.0642. The fourth-order valence-corrected chi connectivity index (χ4v) is 2.11. The summed E-state index contributed by atoms with van der Waals surface area (Å²) in [5.41, 5.74) is 0.496. The second-order valence-corrected chi connectivity index (χ2v) is 5.14. The monoisotopic (exact) mass is 242 g/mol. The average molecular weight is 242 g/mol. The topological polar surface area (TPSA) is 50.4 Å². The molecule has 4 nitrogen and oxygen atoms in total. The molecule has 1 aliphatic rings. The van der Waals surface area contributed by atoms with Crippen LogP contribution in [-0.4, -0.2) is 38.8 Å². The average Bonchev–Trinajstić information content (AvgIpc) is 3.07. The van der Waals surface area contributed by atoms with E-state index in [-0.39, 0.29) is 11.9 Å². The van der Waals surface area contributed by atoms with Crippen molar-refractivity contribution in [2.24, 2.45) is 5.41 Å². The van der Waals surface area contributed by atoms with Crippen molar-refractivity contribution < 1.29 is 9.53 Å². The summed E-state index contributed by atoms with van der Waals surface area (Å²) < 4.78 is 4.89. The molecule has 0 radical (unpaired) electrons. The van der Waals surface area contributed by atoms with Gasteiger partial charge in [0.15, 0.2) is 0 Å². The zero-order chi connectivity index (χ0) is 12.7. The number of carbonyl (C=O) groups is 1. The number of methoxy groups -OCH3 is 1. The van der Waals surface area contributed by atoms with Gasteiger partial charge in [-0.1, -0.05) is 13.3 Å². The van der Waals surface area contributed by atoms with Gasteiger partial charge in [0, 0.05) is 20.2 Å². The molecule has 0 bridgehead atoms. The fourth-order valence-electron chi connectivity index (χ4n) is 2.11. The van der Waals surface area contributed by atoms with Crippen LogP contribution in [0, 0.1) is 5.41 Å². The van der Waals surface area contributed by atoms with Crippen LogP contribution in [0.1, 0.15) is 39.5 Å². The van der Waals surface area contributed by atoms with Gasteiger partial charge in [-0.05, 0) is 31.6 Å². The van der Waals surface area contributed by atoms with E-state index in [9.17, 15) is 4.79 Å². The zero-order valence-electron chi connectivity index (χ0n) is 11.3. The highest BCUT2D eigenvalue weighted by atomic mass is 16.5. The Labute approximate surface area is 104 Å². The summed E-state index contributed by atoms with van der Waals surface area (Å²) in [6, 6.07) is -0.110. The molecule has 0 aromatic rings. The van der Waals surface area contributed by atoms with E-state index in [0.29, 0.717) is 18.6 Å². The minimum Gasteiger partial charge on any atom is -0.383 e. The van der Waals surface area contributed by atoms with E-state index in [4.69, 9.17) is 4.74 Å². The van der Waals surface area contributed by atoms with Crippen LogP contribution in [-0.2, 0) is 9.53 Å². The number of rotatable bonds is 9. The molecule has 0 saturated heterocycles. The van der Waals surface area contributed by atoms with Crippen molar-refractivity contribution in [2.45, 2.75) is 45.6 Å². The van der Waals surface area contributed by atoms with E-state index >= 15 is 0 Å². The second-order valence-electron chi connectivity index (χ2n) is 5.14. The van der Waals surface area contributed by atoms with Crippen LogP contribution in [0.2, 0.25) is 0 Å². The van der Waals surface area contributed by atoms with Gasteiger partial charge in [-0.25, -0.2) is 0 Å². The highest BCUT2D eigenvalue weighted by Gasteiger charge is 2.41. The van der Waals surface area contributed by atoms with Crippen LogP contribution in [0.4, 0.5) is 0 Å². The summed E-state index contributed by atoms with van der Waals surface area (Å²) in [6.45, 7) is 6.27. The number of amides is 1. The molecule has 100 valence electrons. The third-order valence-corrected chi connectivity index (χ3v) is 3.52. The van der Waals surface area contributed by atoms with Crippen molar-refractivity contribution in [3.63, 3.8) is 0 Å². The molecule has 0 aromatic heterocycles. The normalized spacial score (nSPS) is 18.8. The predicted molar refractivity (Wildman–Crippen MR) is 68.9 cm³/mol. The predicted octanol–water partition coefficient (Wildman–Crippen LogP) is 1.31. The number of hydrogen-bond donors (Lipinski definition) is 2. The lowest BCUT2D eigenvalue weighted by Crippen LogP contribution is -2.45. The van der Waals surface area contributed by atoms with Crippen LogP contribution in [0.5, 0.6) is 0 Å². The maximum atomic E-state index is 11.7. The largest absolute Gasteiger partial charge is 0.383 e. The Balaban J connectivity index is 2.15. The van der Waals surface area contributed by atoms with Crippen LogP contribution in [0.3, 0.4) is 0 Å². The first-order chi connectivity index (χ1) is 8.13. The number of carbonyl (C=O) groups excluding carboxylic acids is 1.